The molecule has 0 aromatic heterocycles. The minimum atomic E-state index is -0.152. The Morgan fingerprint density at radius 3 is 2.59 bits per heavy atom. The van der Waals surface area contributed by atoms with Crippen LogP contribution in [0.15, 0.2) is 59.8 Å². The highest BCUT2D eigenvalue weighted by molar-refractivity contribution is 5.86. The average molecular weight is 397 g/mol. The summed E-state index contributed by atoms with van der Waals surface area (Å²) in [5.41, 5.74) is 5.24. The summed E-state index contributed by atoms with van der Waals surface area (Å²) in [6.07, 6.45) is 10.0. The third-order valence-corrected chi connectivity index (χ3v) is 4.79. The van der Waals surface area contributed by atoms with Crippen LogP contribution < -0.4 is 5.43 Å². The fraction of sp³-hybridized carbons (Fsp3) is 0.391. The number of benzene rings is 1. The highest BCUT2D eigenvalue weighted by Gasteiger charge is 2.18. The number of aromatic hydroxyl groups is 1. The highest BCUT2D eigenvalue weighted by Crippen LogP contribution is 2.21. The maximum atomic E-state index is 12.2. The van der Waals surface area contributed by atoms with Crippen molar-refractivity contribution < 1.29 is 9.90 Å². The molecule has 1 amide bonds. The Bertz CT molecular complexity index is 775. The van der Waals surface area contributed by atoms with E-state index in [1.54, 1.807) is 12.1 Å². The molecule has 0 atom stereocenters. The molecule has 0 radical (unpaired) electrons. The number of piperazine rings is 1. The first-order valence-electron chi connectivity index (χ1n) is 10.00. The van der Waals surface area contributed by atoms with Crippen LogP contribution in [0, 0.1) is 0 Å². The first kappa shape index (κ1) is 22.6. The van der Waals surface area contributed by atoms with E-state index >= 15 is 0 Å². The van der Waals surface area contributed by atoms with Crippen LogP contribution in [0.2, 0.25) is 0 Å². The number of nitrogens with zero attached hydrogens (tertiary/aromatic N) is 3. The van der Waals surface area contributed by atoms with Gasteiger partial charge in [-0.05, 0) is 31.9 Å². The number of nitrogens with one attached hydrogen (secondary N) is 1. The van der Waals surface area contributed by atoms with Crippen LogP contribution in [-0.4, -0.2) is 66.3 Å². The number of phenols is 1. The molecule has 1 aliphatic rings. The Hall–Kier alpha value is -2.70. The van der Waals surface area contributed by atoms with Gasteiger partial charge in [0.1, 0.15) is 5.75 Å². The number of para-hydroxylation sites is 1. The molecule has 0 saturated carbocycles. The molecule has 1 saturated heterocycles. The van der Waals surface area contributed by atoms with Gasteiger partial charge in [-0.1, -0.05) is 42.0 Å². The van der Waals surface area contributed by atoms with E-state index in [9.17, 15) is 9.90 Å². The highest BCUT2D eigenvalue weighted by atomic mass is 16.3. The monoisotopic (exact) mass is 396 g/mol. The molecule has 0 spiro atoms. The SMILES string of the molecule is C=CCc1cccc(/C=N/NC(=O)CN2CCN(C/C(C)=C/C=C\C)CC2)c1O. The summed E-state index contributed by atoms with van der Waals surface area (Å²) in [5, 5.41) is 14.2. The zero-order chi connectivity index (χ0) is 21.1. The van der Waals surface area contributed by atoms with E-state index in [-0.39, 0.29) is 11.7 Å². The third-order valence-electron chi connectivity index (χ3n) is 4.79. The third kappa shape index (κ3) is 7.68. The van der Waals surface area contributed by atoms with Crippen molar-refractivity contribution in [1.29, 1.82) is 0 Å². The summed E-state index contributed by atoms with van der Waals surface area (Å²) in [5.74, 6) is 0.0147. The second-order valence-electron chi connectivity index (χ2n) is 7.23. The zero-order valence-electron chi connectivity index (χ0n) is 17.5. The van der Waals surface area contributed by atoms with E-state index in [1.165, 1.54) is 11.8 Å². The molecule has 2 N–H and O–H groups in total. The lowest BCUT2D eigenvalue weighted by atomic mass is 10.1. The lowest BCUT2D eigenvalue weighted by molar-refractivity contribution is -0.122. The van der Waals surface area contributed by atoms with Gasteiger partial charge in [0.15, 0.2) is 0 Å². The van der Waals surface area contributed by atoms with E-state index in [0.29, 0.717) is 18.5 Å². The van der Waals surface area contributed by atoms with Gasteiger partial charge in [0, 0.05) is 38.3 Å². The van der Waals surface area contributed by atoms with Crippen LogP contribution in [-0.2, 0) is 11.2 Å². The van der Waals surface area contributed by atoms with E-state index in [2.05, 4.69) is 46.0 Å². The van der Waals surface area contributed by atoms with Crippen molar-refractivity contribution >= 4 is 12.1 Å². The van der Waals surface area contributed by atoms with Crippen molar-refractivity contribution in [1.82, 2.24) is 15.2 Å². The van der Waals surface area contributed by atoms with Gasteiger partial charge >= 0.3 is 0 Å². The Morgan fingerprint density at radius 1 is 1.24 bits per heavy atom. The van der Waals surface area contributed by atoms with Gasteiger partial charge in [-0.3, -0.25) is 14.6 Å². The van der Waals surface area contributed by atoms with Gasteiger partial charge in [-0.2, -0.15) is 5.10 Å². The van der Waals surface area contributed by atoms with E-state index in [0.717, 1.165) is 38.3 Å². The van der Waals surface area contributed by atoms with Gasteiger partial charge < -0.3 is 5.11 Å². The summed E-state index contributed by atoms with van der Waals surface area (Å²) in [6.45, 7) is 12.7. The van der Waals surface area contributed by atoms with Crippen LogP contribution in [0.1, 0.15) is 25.0 Å². The first-order chi connectivity index (χ1) is 14.0. The Balaban J connectivity index is 1.76. The summed E-state index contributed by atoms with van der Waals surface area (Å²) in [4.78, 5) is 16.7. The fourth-order valence-corrected chi connectivity index (χ4v) is 3.22. The maximum Gasteiger partial charge on any atom is 0.254 e. The second-order valence-corrected chi connectivity index (χ2v) is 7.23. The predicted octanol–water partition coefficient (Wildman–Crippen LogP) is 2.71. The standard InChI is InChI=1S/C23H32N4O2/c1-4-6-9-19(3)17-26-12-14-27(15-13-26)18-22(28)25-24-16-21-11-7-10-20(8-5-2)23(21)29/h4-7,9-11,16,29H,2,8,12-15,17-18H2,1,3H3,(H,25,28)/b6-4-,19-9+,24-16+. The molecule has 6 heteroatoms. The van der Waals surface area contributed by atoms with E-state index in [4.69, 9.17) is 0 Å². The summed E-state index contributed by atoms with van der Waals surface area (Å²) in [7, 11) is 0. The average Bonchev–Trinajstić information content (AvgIpc) is 2.71. The summed E-state index contributed by atoms with van der Waals surface area (Å²) in [6, 6.07) is 5.44. The van der Waals surface area contributed by atoms with Crippen molar-refractivity contribution in [3.63, 3.8) is 0 Å². The molecule has 1 heterocycles. The minimum absolute atomic E-state index is 0.152. The number of allylic oxidation sites excluding steroid dienone is 4. The van der Waals surface area contributed by atoms with Crippen LogP contribution in [0.3, 0.4) is 0 Å². The maximum absolute atomic E-state index is 12.2. The molecule has 6 nitrogen and oxygen atoms in total. The molecule has 0 aliphatic carbocycles. The topological polar surface area (TPSA) is 68.2 Å². The Kier molecular flexibility index (Phi) is 9.34. The number of phenolic OH excluding ortho intramolecular Hbond substituents is 1. The first-order valence-corrected chi connectivity index (χ1v) is 10.00. The van der Waals surface area contributed by atoms with Gasteiger partial charge in [0.2, 0.25) is 0 Å². The number of hydrogen-bond acceptors (Lipinski definition) is 5. The number of carbonyl (C=O) groups excluding carboxylic acids is 1. The summed E-state index contributed by atoms with van der Waals surface area (Å²) >= 11 is 0. The van der Waals surface area contributed by atoms with Crippen LogP contribution >= 0.6 is 0 Å². The molecule has 156 valence electrons. The Labute approximate surface area is 173 Å². The predicted molar refractivity (Wildman–Crippen MR) is 119 cm³/mol. The lowest BCUT2D eigenvalue weighted by Gasteiger charge is -2.34. The summed E-state index contributed by atoms with van der Waals surface area (Å²) < 4.78 is 0. The molecular weight excluding hydrogens is 364 g/mol. The lowest BCUT2D eigenvalue weighted by Crippen LogP contribution is -2.49. The Morgan fingerprint density at radius 2 is 1.93 bits per heavy atom. The number of amides is 1. The normalized spacial score (nSPS) is 16.6. The van der Waals surface area contributed by atoms with Gasteiger partial charge in [0.25, 0.3) is 5.91 Å². The van der Waals surface area contributed by atoms with Gasteiger partial charge in [-0.25, -0.2) is 5.43 Å². The van der Waals surface area contributed by atoms with Crippen LogP contribution in [0.5, 0.6) is 5.75 Å². The van der Waals surface area contributed by atoms with Crippen molar-refractivity contribution in [2.45, 2.75) is 20.3 Å². The van der Waals surface area contributed by atoms with Crippen molar-refractivity contribution in [2.24, 2.45) is 5.10 Å². The number of hydrogen-bond donors (Lipinski definition) is 2. The van der Waals surface area contributed by atoms with Gasteiger partial charge in [-0.15, -0.1) is 6.58 Å². The zero-order valence-corrected chi connectivity index (χ0v) is 17.5. The molecule has 0 unspecified atom stereocenters. The number of carbonyl (C=O) groups is 1. The molecule has 1 aliphatic heterocycles. The number of hydrazone groups is 1. The van der Waals surface area contributed by atoms with E-state index < -0.39 is 0 Å². The molecule has 1 aromatic carbocycles. The van der Waals surface area contributed by atoms with Gasteiger partial charge in [0.05, 0.1) is 12.8 Å². The van der Waals surface area contributed by atoms with Crippen LogP contribution in [0.25, 0.3) is 0 Å². The molecule has 1 fully saturated rings. The number of rotatable bonds is 9. The van der Waals surface area contributed by atoms with Crippen LogP contribution in [0.4, 0.5) is 0 Å². The second kappa shape index (κ2) is 12.0. The van der Waals surface area contributed by atoms with E-state index in [1.807, 2.05) is 25.1 Å². The minimum Gasteiger partial charge on any atom is -0.507 e. The quantitative estimate of drug-likeness (QED) is 0.291. The van der Waals surface area contributed by atoms with Crippen molar-refractivity contribution in [3.05, 3.63) is 65.8 Å². The molecular formula is C23H32N4O2. The molecule has 0 bridgehead atoms. The molecule has 1 aromatic rings. The largest absolute Gasteiger partial charge is 0.507 e. The van der Waals surface area contributed by atoms with Crippen molar-refractivity contribution in [2.75, 3.05) is 39.3 Å². The molecule has 2 rings (SSSR count). The fourth-order valence-electron chi connectivity index (χ4n) is 3.22. The van der Waals surface area contributed by atoms with Crippen molar-refractivity contribution in [3.8, 4) is 5.75 Å². The molecule has 29 heavy (non-hydrogen) atoms. The smallest absolute Gasteiger partial charge is 0.254 e.